The standard InChI is InChI=1S/C18H14Cl2N4O4S2/c19-9-2-1-3-10(20)7(9)4-8(11-5-30-18(21)22-11)14(25)23-13-15(26)24-12(17(27)28)6-29-16(13)24/h1-5,12-13,16H,6H2,(H2,21,22)(H,23,25)(H,27,28)/t12?,13?,16-/m0/s1. The van der Waals surface area contributed by atoms with Gasteiger partial charge < -0.3 is 21.1 Å². The van der Waals surface area contributed by atoms with E-state index in [9.17, 15) is 19.5 Å². The number of carbonyl (C=O) groups is 3. The predicted molar refractivity (Wildman–Crippen MR) is 117 cm³/mol. The van der Waals surface area contributed by atoms with Crippen LogP contribution in [0, 0.1) is 0 Å². The van der Waals surface area contributed by atoms with E-state index in [1.165, 1.54) is 22.7 Å². The van der Waals surface area contributed by atoms with Gasteiger partial charge in [0.15, 0.2) is 5.13 Å². The van der Waals surface area contributed by atoms with Crippen molar-refractivity contribution >= 4 is 80.9 Å². The van der Waals surface area contributed by atoms with Gasteiger partial charge in [-0.25, -0.2) is 9.78 Å². The number of fused-ring (bicyclic) bond motifs is 1. The quantitative estimate of drug-likeness (QED) is 0.439. The van der Waals surface area contributed by atoms with E-state index in [1.54, 1.807) is 23.6 Å². The van der Waals surface area contributed by atoms with Crippen molar-refractivity contribution in [2.45, 2.75) is 17.5 Å². The first-order valence-corrected chi connectivity index (χ1v) is 11.3. The summed E-state index contributed by atoms with van der Waals surface area (Å²) < 4.78 is 0. The number of nitrogens with one attached hydrogen (secondary N) is 1. The average Bonchev–Trinajstić information content (AvgIpc) is 3.30. The number of benzene rings is 1. The summed E-state index contributed by atoms with van der Waals surface area (Å²) in [7, 11) is 0. The van der Waals surface area contributed by atoms with Gasteiger partial charge in [-0.15, -0.1) is 23.1 Å². The minimum absolute atomic E-state index is 0.141. The Labute approximate surface area is 189 Å². The maximum Gasteiger partial charge on any atom is 0.327 e. The molecule has 0 spiro atoms. The number of nitrogens with two attached hydrogens (primary N) is 1. The van der Waals surface area contributed by atoms with E-state index in [2.05, 4.69) is 10.3 Å². The summed E-state index contributed by atoms with van der Waals surface area (Å²) in [5.74, 6) is -1.78. The van der Waals surface area contributed by atoms with E-state index in [-0.39, 0.29) is 16.5 Å². The fourth-order valence-electron chi connectivity index (χ4n) is 3.27. The molecule has 2 aromatic rings. The van der Waals surface area contributed by atoms with Gasteiger partial charge >= 0.3 is 5.97 Å². The van der Waals surface area contributed by atoms with Gasteiger partial charge in [-0.1, -0.05) is 29.3 Å². The molecule has 0 aliphatic carbocycles. The lowest BCUT2D eigenvalue weighted by Gasteiger charge is -2.43. The number of rotatable bonds is 5. The van der Waals surface area contributed by atoms with Crippen molar-refractivity contribution in [3.8, 4) is 0 Å². The summed E-state index contributed by atoms with van der Waals surface area (Å²) in [6.45, 7) is 0. The lowest BCUT2D eigenvalue weighted by Crippen LogP contribution is -2.70. The first kappa shape index (κ1) is 21.0. The molecule has 4 rings (SSSR count). The number of carboxylic acid groups (broad SMARTS) is 1. The van der Waals surface area contributed by atoms with E-state index >= 15 is 0 Å². The van der Waals surface area contributed by atoms with Gasteiger partial charge in [0, 0.05) is 26.7 Å². The molecule has 1 aromatic carbocycles. The number of hydrogen-bond acceptors (Lipinski definition) is 7. The smallest absolute Gasteiger partial charge is 0.327 e. The molecule has 3 heterocycles. The van der Waals surface area contributed by atoms with E-state index in [4.69, 9.17) is 28.9 Å². The van der Waals surface area contributed by atoms with Gasteiger partial charge in [0.25, 0.3) is 5.91 Å². The summed E-state index contributed by atoms with van der Waals surface area (Å²) in [5, 5.41) is 14.1. The molecular weight excluding hydrogens is 471 g/mol. The van der Waals surface area contributed by atoms with E-state index in [0.717, 1.165) is 11.3 Å². The highest BCUT2D eigenvalue weighted by Gasteiger charge is 2.57. The number of anilines is 1. The van der Waals surface area contributed by atoms with Crippen LogP contribution in [0.15, 0.2) is 23.6 Å². The second-order valence-corrected chi connectivity index (χ2v) is 9.39. The Morgan fingerprint density at radius 2 is 2.03 bits per heavy atom. The molecule has 2 unspecified atom stereocenters. The van der Waals surface area contributed by atoms with Crippen molar-refractivity contribution in [3.63, 3.8) is 0 Å². The van der Waals surface area contributed by atoms with Crippen LogP contribution in [0.5, 0.6) is 0 Å². The second kappa shape index (κ2) is 8.10. The van der Waals surface area contributed by atoms with Gasteiger partial charge in [0.1, 0.15) is 17.5 Å². The third kappa shape index (κ3) is 3.64. The highest BCUT2D eigenvalue weighted by Crippen LogP contribution is 2.40. The molecule has 1 aromatic heterocycles. The lowest BCUT2D eigenvalue weighted by molar-refractivity contribution is -0.158. The molecule has 156 valence electrons. The van der Waals surface area contributed by atoms with Crippen LogP contribution in [-0.4, -0.2) is 56.0 Å². The number of nitrogen functional groups attached to an aromatic ring is 1. The van der Waals surface area contributed by atoms with Crippen LogP contribution >= 0.6 is 46.3 Å². The molecule has 0 bridgehead atoms. The number of amides is 2. The van der Waals surface area contributed by atoms with Crippen LogP contribution in [0.25, 0.3) is 11.6 Å². The Bertz CT molecular complexity index is 1070. The summed E-state index contributed by atoms with van der Waals surface area (Å²) in [5.41, 5.74) is 6.61. The number of carboxylic acids is 1. The normalized spacial score (nSPS) is 23.1. The van der Waals surface area contributed by atoms with Gasteiger partial charge in [-0.2, -0.15) is 0 Å². The SMILES string of the molecule is Nc1nc(C(=Cc2c(Cl)cccc2Cl)C(=O)NC2C(=O)N3C(C(=O)O)CS[C@@H]23)cs1. The van der Waals surface area contributed by atoms with Gasteiger partial charge in [-0.05, 0) is 18.2 Å². The summed E-state index contributed by atoms with van der Waals surface area (Å²) in [4.78, 5) is 42.3. The number of nitrogens with zero attached hydrogens (tertiary/aromatic N) is 2. The number of halogens is 2. The van der Waals surface area contributed by atoms with Crippen molar-refractivity contribution in [2.24, 2.45) is 0 Å². The van der Waals surface area contributed by atoms with Crippen LogP contribution < -0.4 is 11.1 Å². The van der Waals surface area contributed by atoms with Crippen LogP contribution in [-0.2, 0) is 14.4 Å². The maximum atomic E-state index is 13.1. The van der Waals surface area contributed by atoms with E-state index in [0.29, 0.717) is 21.3 Å². The molecule has 2 aliphatic rings. The zero-order valence-electron chi connectivity index (χ0n) is 15.0. The predicted octanol–water partition coefficient (Wildman–Crippen LogP) is 2.43. The molecule has 2 saturated heterocycles. The Morgan fingerprint density at radius 1 is 1.33 bits per heavy atom. The van der Waals surface area contributed by atoms with Gasteiger partial charge in [0.2, 0.25) is 5.91 Å². The van der Waals surface area contributed by atoms with Crippen LogP contribution in [0.3, 0.4) is 0 Å². The summed E-state index contributed by atoms with van der Waals surface area (Å²) in [6.07, 6.45) is 1.50. The molecule has 12 heteroatoms. The van der Waals surface area contributed by atoms with Crippen LogP contribution in [0.4, 0.5) is 5.13 Å². The maximum absolute atomic E-state index is 13.1. The number of aliphatic carboxylic acids is 1. The molecule has 3 atom stereocenters. The first-order valence-electron chi connectivity index (χ1n) is 8.62. The Kier molecular flexibility index (Phi) is 5.67. The van der Waals surface area contributed by atoms with Crippen molar-refractivity contribution in [3.05, 3.63) is 44.9 Å². The van der Waals surface area contributed by atoms with Crippen LogP contribution in [0.2, 0.25) is 10.0 Å². The number of aromatic nitrogens is 1. The van der Waals surface area contributed by atoms with Crippen molar-refractivity contribution in [1.82, 2.24) is 15.2 Å². The molecule has 2 amide bonds. The zero-order valence-corrected chi connectivity index (χ0v) is 18.2. The Balaban J connectivity index is 1.63. The largest absolute Gasteiger partial charge is 0.480 e. The minimum atomic E-state index is -1.06. The minimum Gasteiger partial charge on any atom is -0.480 e. The monoisotopic (exact) mass is 484 g/mol. The molecular formula is C18H14Cl2N4O4S2. The van der Waals surface area contributed by atoms with Crippen molar-refractivity contribution in [1.29, 1.82) is 0 Å². The highest BCUT2D eigenvalue weighted by molar-refractivity contribution is 8.00. The third-order valence-electron chi connectivity index (χ3n) is 4.74. The second-order valence-electron chi connectivity index (χ2n) is 6.54. The summed E-state index contributed by atoms with van der Waals surface area (Å²) in [6, 6.07) is 3.25. The average molecular weight is 485 g/mol. The van der Waals surface area contributed by atoms with Crippen molar-refractivity contribution < 1.29 is 19.5 Å². The molecule has 0 radical (unpaired) electrons. The van der Waals surface area contributed by atoms with Crippen LogP contribution in [0.1, 0.15) is 11.3 Å². The lowest BCUT2D eigenvalue weighted by atomic mass is 10.0. The highest BCUT2D eigenvalue weighted by atomic mass is 35.5. The molecule has 8 nitrogen and oxygen atoms in total. The summed E-state index contributed by atoms with van der Waals surface area (Å²) >= 11 is 14.9. The topological polar surface area (TPSA) is 126 Å². The molecule has 0 saturated carbocycles. The number of hydrogen-bond donors (Lipinski definition) is 3. The number of thioether (sulfide) groups is 1. The molecule has 30 heavy (non-hydrogen) atoms. The van der Waals surface area contributed by atoms with E-state index < -0.39 is 35.2 Å². The Hall–Kier alpha value is -2.27. The third-order valence-corrected chi connectivity index (χ3v) is 7.43. The molecule has 4 N–H and O–H groups in total. The van der Waals surface area contributed by atoms with Gasteiger partial charge in [-0.3, -0.25) is 9.59 Å². The molecule has 2 aliphatic heterocycles. The van der Waals surface area contributed by atoms with E-state index in [1.807, 2.05) is 0 Å². The fraction of sp³-hybridized carbons (Fsp3) is 0.222. The first-order chi connectivity index (χ1) is 14.3. The number of carbonyl (C=O) groups excluding carboxylic acids is 2. The Morgan fingerprint density at radius 3 is 2.63 bits per heavy atom. The number of β-lactam (4-membered cyclic amide) rings is 1. The van der Waals surface area contributed by atoms with Crippen molar-refractivity contribution in [2.75, 3.05) is 11.5 Å². The zero-order chi connectivity index (χ0) is 21.6. The fourth-order valence-corrected chi connectivity index (χ4v) is 5.81. The number of thiazole rings is 1. The molecule has 2 fully saturated rings. The van der Waals surface area contributed by atoms with Gasteiger partial charge in [0.05, 0.1) is 11.3 Å².